The number of aromatic amines is 2. The van der Waals surface area contributed by atoms with Gasteiger partial charge in [0.15, 0.2) is 5.82 Å². The third-order valence-corrected chi connectivity index (χ3v) is 5.88. The van der Waals surface area contributed by atoms with Gasteiger partial charge in [0.2, 0.25) is 0 Å². The molecule has 4 aromatic rings. The van der Waals surface area contributed by atoms with Crippen molar-refractivity contribution in [2.45, 2.75) is 25.8 Å². The lowest BCUT2D eigenvalue weighted by molar-refractivity contribution is 0.173. The minimum absolute atomic E-state index is 0.250. The maximum Gasteiger partial charge on any atom is 0.163 e. The van der Waals surface area contributed by atoms with Crippen LogP contribution in [-0.4, -0.2) is 38.2 Å². The lowest BCUT2D eigenvalue weighted by Gasteiger charge is -2.31. The molecule has 0 spiro atoms. The van der Waals surface area contributed by atoms with Gasteiger partial charge < -0.3 is 9.97 Å². The molecular weight excluding hydrogens is 365 g/mol. The first-order valence-corrected chi connectivity index (χ1v) is 10.2. The van der Waals surface area contributed by atoms with Crippen molar-refractivity contribution in [3.63, 3.8) is 0 Å². The number of likely N-dealkylation sites (tertiary alicyclic amines) is 1. The van der Waals surface area contributed by atoms with Crippen LogP contribution in [0.1, 0.15) is 24.2 Å². The number of H-pyrrole nitrogens is 2. The molecule has 5 nitrogen and oxygen atoms in total. The van der Waals surface area contributed by atoms with E-state index in [-0.39, 0.29) is 5.82 Å². The van der Waals surface area contributed by atoms with Crippen molar-refractivity contribution in [2.24, 2.45) is 5.92 Å². The smallest absolute Gasteiger partial charge is 0.163 e. The molecule has 0 atom stereocenters. The fourth-order valence-corrected chi connectivity index (χ4v) is 4.29. The van der Waals surface area contributed by atoms with E-state index in [1.165, 1.54) is 37.0 Å². The van der Waals surface area contributed by atoms with Gasteiger partial charge in [-0.25, -0.2) is 4.39 Å². The Morgan fingerprint density at radius 1 is 1.03 bits per heavy atom. The van der Waals surface area contributed by atoms with Crippen molar-refractivity contribution in [2.75, 3.05) is 13.1 Å². The molecule has 1 aliphatic heterocycles. The molecule has 5 rings (SSSR count). The molecule has 0 unspecified atom stereocenters. The van der Waals surface area contributed by atoms with Crippen molar-refractivity contribution < 1.29 is 4.39 Å². The average Bonchev–Trinajstić information content (AvgIpc) is 3.36. The zero-order valence-electron chi connectivity index (χ0n) is 16.2. The highest BCUT2D eigenvalue weighted by Crippen LogP contribution is 2.27. The number of benzene rings is 2. The average molecular weight is 389 g/mol. The fourth-order valence-electron chi connectivity index (χ4n) is 4.29. The second kappa shape index (κ2) is 7.79. The van der Waals surface area contributed by atoms with E-state index >= 15 is 0 Å². The standard InChI is InChI=1S/C23H24FN5/c24-18-6-7-19-20(14-25-21(19)13-18)23-26-22(27-28-23)15-29-10-8-17(9-11-29)12-16-4-2-1-3-5-16/h1-7,13-14,17,25H,8-12,15H2,(H,26,27,28). The maximum absolute atomic E-state index is 13.4. The van der Waals surface area contributed by atoms with Crippen LogP contribution in [0, 0.1) is 11.7 Å². The Hall–Kier alpha value is -2.99. The molecule has 2 N–H and O–H groups in total. The van der Waals surface area contributed by atoms with Crippen LogP contribution in [0.25, 0.3) is 22.3 Å². The Morgan fingerprint density at radius 3 is 2.69 bits per heavy atom. The van der Waals surface area contributed by atoms with Gasteiger partial charge in [-0.2, -0.15) is 0 Å². The monoisotopic (exact) mass is 389 g/mol. The highest BCUT2D eigenvalue weighted by molar-refractivity contribution is 5.93. The molecule has 0 radical (unpaired) electrons. The van der Waals surface area contributed by atoms with Crippen LogP contribution in [0.5, 0.6) is 0 Å². The quantitative estimate of drug-likeness (QED) is 0.527. The summed E-state index contributed by atoms with van der Waals surface area (Å²) in [5, 5.41) is 9.60. The van der Waals surface area contributed by atoms with Crippen molar-refractivity contribution in [3.8, 4) is 11.4 Å². The number of nitrogens with zero attached hydrogens (tertiary/aromatic N) is 3. The summed E-state index contributed by atoms with van der Waals surface area (Å²) in [6, 6.07) is 15.5. The minimum atomic E-state index is -0.250. The second-order valence-electron chi connectivity index (χ2n) is 7.92. The summed E-state index contributed by atoms with van der Waals surface area (Å²) < 4.78 is 13.4. The van der Waals surface area contributed by atoms with Gasteiger partial charge in [0.1, 0.15) is 11.6 Å². The number of rotatable bonds is 5. The summed E-state index contributed by atoms with van der Waals surface area (Å²) >= 11 is 0. The Bertz CT molecular complexity index is 1090. The molecule has 148 valence electrons. The fraction of sp³-hybridized carbons (Fsp3) is 0.304. The van der Waals surface area contributed by atoms with E-state index in [0.29, 0.717) is 0 Å². The summed E-state index contributed by atoms with van der Waals surface area (Å²) in [4.78, 5) is 8.89. The van der Waals surface area contributed by atoms with Gasteiger partial charge in [0.05, 0.1) is 6.54 Å². The van der Waals surface area contributed by atoms with E-state index in [2.05, 4.69) is 55.4 Å². The number of piperidine rings is 1. The number of fused-ring (bicyclic) bond motifs is 1. The van der Waals surface area contributed by atoms with Crippen LogP contribution in [-0.2, 0) is 13.0 Å². The van der Waals surface area contributed by atoms with Gasteiger partial charge in [-0.05, 0) is 62.0 Å². The van der Waals surface area contributed by atoms with Crippen LogP contribution in [0.2, 0.25) is 0 Å². The highest BCUT2D eigenvalue weighted by Gasteiger charge is 2.21. The van der Waals surface area contributed by atoms with Crippen molar-refractivity contribution in [3.05, 3.63) is 71.9 Å². The molecular formula is C23H24FN5. The number of hydrogen-bond acceptors (Lipinski definition) is 3. The lowest BCUT2D eigenvalue weighted by Crippen LogP contribution is -2.34. The van der Waals surface area contributed by atoms with Gasteiger partial charge >= 0.3 is 0 Å². The molecule has 0 saturated carbocycles. The van der Waals surface area contributed by atoms with E-state index in [1.807, 2.05) is 6.20 Å². The third-order valence-electron chi connectivity index (χ3n) is 5.88. The third kappa shape index (κ3) is 3.93. The molecule has 0 amide bonds. The predicted molar refractivity (Wildman–Crippen MR) is 112 cm³/mol. The van der Waals surface area contributed by atoms with Crippen molar-refractivity contribution in [1.29, 1.82) is 0 Å². The minimum Gasteiger partial charge on any atom is -0.360 e. The largest absolute Gasteiger partial charge is 0.360 e. The molecule has 29 heavy (non-hydrogen) atoms. The SMILES string of the molecule is Fc1ccc2c(-c3nnc(CN4CCC(Cc5ccccc5)CC4)[nH]3)c[nH]c2c1. The molecule has 1 saturated heterocycles. The topological polar surface area (TPSA) is 60.6 Å². The Kier molecular flexibility index (Phi) is 4.86. The summed E-state index contributed by atoms with van der Waals surface area (Å²) in [6.07, 6.45) is 5.44. The Labute approximate surface area is 169 Å². The molecule has 0 aliphatic carbocycles. The van der Waals surface area contributed by atoms with Gasteiger partial charge in [-0.15, -0.1) is 10.2 Å². The van der Waals surface area contributed by atoms with Crippen LogP contribution in [0.4, 0.5) is 4.39 Å². The van der Waals surface area contributed by atoms with E-state index in [1.54, 1.807) is 6.07 Å². The van der Waals surface area contributed by atoms with E-state index in [9.17, 15) is 4.39 Å². The Balaban J connectivity index is 1.21. The van der Waals surface area contributed by atoms with Gasteiger partial charge in [-0.3, -0.25) is 4.90 Å². The lowest BCUT2D eigenvalue weighted by atomic mass is 9.90. The summed E-state index contributed by atoms with van der Waals surface area (Å²) in [5.74, 6) is 2.10. The van der Waals surface area contributed by atoms with Gasteiger partial charge in [0, 0.05) is 22.7 Å². The predicted octanol–water partition coefficient (Wildman–Crippen LogP) is 4.55. The van der Waals surface area contributed by atoms with Crippen LogP contribution in [0.3, 0.4) is 0 Å². The van der Waals surface area contributed by atoms with Crippen LogP contribution < -0.4 is 0 Å². The normalized spacial score (nSPS) is 15.9. The van der Waals surface area contributed by atoms with Crippen molar-refractivity contribution >= 4 is 10.9 Å². The highest BCUT2D eigenvalue weighted by atomic mass is 19.1. The van der Waals surface area contributed by atoms with Gasteiger partial charge in [-0.1, -0.05) is 30.3 Å². The van der Waals surface area contributed by atoms with Crippen LogP contribution >= 0.6 is 0 Å². The molecule has 1 fully saturated rings. The summed E-state index contributed by atoms with van der Waals surface area (Å²) in [6.45, 7) is 2.95. The van der Waals surface area contributed by atoms with Gasteiger partial charge in [0.25, 0.3) is 0 Å². The number of halogens is 1. The zero-order chi connectivity index (χ0) is 19.6. The molecule has 2 aromatic heterocycles. The molecule has 3 heterocycles. The first-order chi connectivity index (χ1) is 14.2. The van der Waals surface area contributed by atoms with E-state index < -0.39 is 0 Å². The number of aromatic nitrogens is 4. The summed E-state index contributed by atoms with van der Waals surface area (Å²) in [7, 11) is 0. The molecule has 0 bridgehead atoms. The Morgan fingerprint density at radius 2 is 1.86 bits per heavy atom. The second-order valence-corrected chi connectivity index (χ2v) is 7.92. The molecule has 2 aromatic carbocycles. The molecule has 1 aliphatic rings. The first-order valence-electron chi connectivity index (χ1n) is 10.2. The van der Waals surface area contributed by atoms with E-state index in [0.717, 1.165) is 53.7 Å². The maximum atomic E-state index is 13.4. The summed E-state index contributed by atoms with van der Waals surface area (Å²) in [5.41, 5.74) is 3.11. The van der Waals surface area contributed by atoms with E-state index in [4.69, 9.17) is 0 Å². The zero-order valence-corrected chi connectivity index (χ0v) is 16.2. The first kappa shape index (κ1) is 18.1. The number of nitrogens with one attached hydrogen (secondary N) is 2. The molecule has 6 heteroatoms. The van der Waals surface area contributed by atoms with Crippen molar-refractivity contribution in [1.82, 2.24) is 25.1 Å². The number of hydrogen-bond donors (Lipinski definition) is 2. The van der Waals surface area contributed by atoms with Crippen LogP contribution in [0.15, 0.2) is 54.7 Å².